The molecular weight excluding hydrogens is 275 g/mol. The molecule has 0 bridgehead atoms. The van der Waals surface area contributed by atoms with E-state index in [-0.39, 0.29) is 17.3 Å². The van der Waals surface area contributed by atoms with Gasteiger partial charge in [-0.05, 0) is 36.8 Å². The predicted octanol–water partition coefficient (Wildman–Crippen LogP) is 3.69. The number of hydrogen-bond acceptors (Lipinski definition) is 5. The number of halogens is 1. The minimum absolute atomic E-state index is 0.118. The molecule has 2 N–H and O–H groups in total. The van der Waals surface area contributed by atoms with Crippen molar-refractivity contribution in [1.29, 1.82) is 0 Å². The number of anilines is 3. The molecule has 0 unspecified atom stereocenters. The quantitative estimate of drug-likeness (QED) is 0.626. The zero-order chi connectivity index (χ0) is 15.2. The molecular formula is C14H15FN4O2. The van der Waals surface area contributed by atoms with Crippen LogP contribution in [-0.2, 0) is 0 Å². The van der Waals surface area contributed by atoms with Gasteiger partial charge in [0.2, 0.25) is 5.82 Å². The summed E-state index contributed by atoms with van der Waals surface area (Å²) in [6.45, 7) is 2.73. The van der Waals surface area contributed by atoms with Crippen LogP contribution in [0.5, 0.6) is 0 Å². The largest absolute Gasteiger partial charge is 0.370 e. The van der Waals surface area contributed by atoms with Gasteiger partial charge in [0.1, 0.15) is 11.6 Å². The summed E-state index contributed by atoms with van der Waals surface area (Å²) in [7, 11) is 0. The molecule has 21 heavy (non-hydrogen) atoms. The number of rotatable bonds is 6. The summed E-state index contributed by atoms with van der Waals surface area (Å²) in [5, 5.41) is 16.9. The molecule has 2 rings (SSSR count). The Morgan fingerprint density at radius 3 is 2.57 bits per heavy atom. The van der Waals surface area contributed by atoms with E-state index in [2.05, 4.69) is 15.6 Å². The van der Waals surface area contributed by atoms with E-state index < -0.39 is 4.92 Å². The molecule has 1 aromatic heterocycles. The summed E-state index contributed by atoms with van der Waals surface area (Å²) in [6, 6.07) is 8.47. The van der Waals surface area contributed by atoms with E-state index in [4.69, 9.17) is 0 Å². The Hall–Kier alpha value is -2.70. The van der Waals surface area contributed by atoms with Crippen molar-refractivity contribution in [1.82, 2.24) is 4.98 Å². The minimum atomic E-state index is -0.511. The molecule has 1 aromatic carbocycles. The Morgan fingerprint density at radius 1 is 1.24 bits per heavy atom. The van der Waals surface area contributed by atoms with Crippen LogP contribution in [0.2, 0.25) is 0 Å². The second kappa shape index (κ2) is 6.65. The smallest absolute Gasteiger partial charge is 0.311 e. The standard InChI is InChI=1S/C14H15FN4O2/c1-2-9-16-13-8-7-12(19(20)21)14(18-13)17-11-5-3-10(15)4-6-11/h3-8H,2,9H2,1H3,(H2,16,17,18). The first-order valence-corrected chi connectivity index (χ1v) is 6.52. The van der Waals surface area contributed by atoms with E-state index in [0.29, 0.717) is 11.5 Å². The summed E-state index contributed by atoms with van der Waals surface area (Å²) in [5.41, 5.74) is 0.390. The molecule has 0 spiro atoms. The molecule has 7 heteroatoms. The molecule has 0 amide bonds. The van der Waals surface area contributed by atoms with E-state index in [9.17, 15) is 14.5 Å². The molecule has 0 aliphatic rings. The fourth-order valence-corrected chi connectivity index (χ4v) is 1.71. The van der Waals surface area contributed by atoms with Crippen LogP contribution in [-0.4, -0.2) is 16.5 Å². The zero-order valence-corrected chi connectivity index (χ0v) is 11.5. The molecule has 0 aliphatic heterocycles. The van der Waals surface area contributed by atoms with E-state index in [1.165, 1.54) is 30.3 Å². The van der Waals surface area contributed by atoms with E-state index in [1.54, 1.807) is 6.07 Å². The molecule has 0 atom stereocenters. The molecule has 110 valence electrons. The first kappa shape index (κ1) is 14.7. The average molecular weight is 290 g/mol. The van der Waals surface area contributed by atoms with Crippen molar-refractivity contribution in [2.45, 2.75) is 13.3 Å². The van der Waals surface area contributed by atoms with Gasteiger partial charge >= 0.3 is 5.69 Å². The lowest BCUT2D eigenvalue weighted by molar-refractivity contribution is -0.384. The maximum atomic E-state index is 12.9. The Labute approximate surface area is 121 Å². The summed E-state index contributed by atoms with van der Waals surface area (Å²) in [4.78, 5) is 14.7. The van der Waals surface area contributed by atoms with E-state index in [0.717, 1.165) is 13.0 Å². The third kappa shape index (κ3) is 3.88. The SMILES string of the molecule is CCCNc1ccc([N+](=O)[O-])c(Nc2ccc(F)cc2)n1. The first-order valence-electron chi connectivity index (χ1n) is 6.52. The van der Waals surface area contributed by atoms with Crippen LogP contribution in [0.4, 0.5) is 27.4 Å². The highest BCUT2D eigenvalue weighted by molar-refractivity contribution is 5.67. The summed E-state index contributed by atoms with van der Waals surface area (Å²) < 4.78 is 12.9. The maximum Gasteiger partial charge on any atom is 0.311 e. The zero-order valence-electron chi connectivity index (χ0n) is 11.5. The Balaban J connectivity index is 2.29. The van der Waals surface area contributed by atoms with Gasteiger partial charge in [-0.1, -0.05) is 6.92 Å². The Morgan fingerprint density at radius 2 is 1.95 bits per heavy atom. The van der Waals surface area contributed by atoms with Gasteiger partial charge < -0.3 is 10.6 Å². The molecule has 2 aromatic rings. The topological polar surface area (TPSA) is 80.1 Å². The van der Waals surface area contributed by atoms with Gasteiger partial charge in [-0.3, -0.25) is 10.1 Å². The second-order valence-electron chi connectivity index (χ2n) is 4.38. The van der Waals surface area contributed by atoms with Crippen LogP contribution in [0.15, 0.2) is 36.4 Å². The molecule has 0 saturated heterocycles. The van der Waals surface area contributed by atoms with Crippen molar-refractivity contribution >= 4 is 23.0 Å². The summed E-state index contributed by atoms with van der Waals surface area (Å²) in [6.07, 6.45) is 0.916. The first-order chi connectivity index (χ1) is 10.1. The van der Waals surface area contributed by atoms with Gasteiger partial charge in [0.05, 0.1) is 4.92 Å². The number of nitrogens with one attached hydrogen (secondary N) is 2. The third-order valence-corrected chi connectivity index (χ3v) is 2.73. The summed E-state index contributed by atoms with van der Waals surface area (Å²) in [5.74, 6) is 0.293. The number of nitro groups is 1. The lowest BCUT2D eigenvalue weighted by atomic mass is 10.3. The molecule has 0 saturated carbocycles. The van der Waals surface area contributed by atoms with Crippen LogP contribution in [0.25, 0.3) is 0 Å². The predicted molar refractivity (Wildman–Crippen MR) is 79.4 cm³/mol. The van der Waals surface area contributed by atoms with Crippen molar-refractivity contribution in [3.8, 4) is 0 Å². The fourth-order valence-electron chi connectivity index (χ4n) is 1.71. The van der Waals surface area contributed by atoms with Crippen LogP contribution in [0, 0.1) is 15.9 Å². The van der Waals surface area contributed by atoms with Gasteiger partial charge in [-0.15, -0.1) is 0 Å². The second-order valence-corrected chi connectivity index (χ2v) is 4.38. The molecule has 1 heterocycles. The monoisotopic (exact) mass is 290 g/mol. The van der Waals surface area contributed by atoms with Crippen molar-refractivity contribution in [3.05, 3.63) is 52.3 Å². The van der Waals surface area contributed by atoms with Gasteiger partial charge in [0.15, 0.2) is 0 Å². The highest BCUT2D eigenvalue weighted by Crippen LogP contribution is 2.27. The number of benzene rings is 1. The van der Waals surface area contributed by atoms with Gasteiger partial charge in [0.25, 0.3) is 0 Å². The van der Waals surface area contributed by atoms with E-state index in [1.807, 2.05) is 6.92 Å². The maximum absolute atomic E-state index is 12.9. The highest BCUT2D eigenvalue weighted by Gasteiger charge is 2.16. The van der Waals surface area contributed by atoms with Crippen molar-refractivity contribution < 1.29 is 9.31 Å². The normalized spacial score (nSPS) is 10.2. The Kier molecular flexibility index (Phi) is 4.65. The van der Waals surface area contributed by atoms with Crippen molar-refractivity contribution in [2.24, 2.45) is 0 Å². The lowest BCUT2D eigenvalue weighted by Gasteiger charge is -2.09. The fraction of sp³-hybridized carbons (Fsp3) is 0.214. The summed E-state index contributed by atoms with van der Waals surface area (Å²) >= 11 is 0. The van der Waals surface area contributed by atoms with Crippen LogP contribution in [0.1, 0.15) is 13.3 Å². The lowest BCUT2D eigenvalue weighted by Crippen LogP contribution is -2.05. The third-order valence-electron chi connectivity index (χ3n) is 2.73. The molecule has 0 radical (unpaired) electrons. The van der Waals surface area contributed by atoms with Crippen LogP contribution >= 0.6 is 0 Å². The molecule has 0 fully saturated rings. The van der Waals surface area contributed by atoms with Gasteiger partial charge in [0, 0.05) is 18.3 Å². The van der Waals surface area contributed by atoms with E-state index >= 15 is 0 Å². The highest BCUT2D eigenvalue weighted by atomic mass is 19.1. The number of nitrogens with zero attached hydrogens (tertiary/aromatic N) is 2. The molecule has 0 aliphatic carbocycles. The number of hydrogen-bond donors (Lipinski definition) is 2. The number of pyridine rings is 1. The number of aromatic nitrogens is 1. The molecule has 6 nitrogen and oxygen atoms in total. The average Bonchev–Trinajstić information content (AvgIpc) is 2.47. The van der Waals surface area contributed by atoms with Crippen molar-refractivity contribution in [2.75, 3.05) is 17.2 Å². The van der Waals surface area contributed by atoms with Crippen LogP contribution in [0.3, 0.4) is 0 Å². The minimum Gasteiger partial charge on any atom is -0.370 e. The van der Waals surface area contributed by atoms with Crippen molar-refractivity contribution in [3.63, 3.8) is 0 Å². The van der Waals surface area contributed by atoms with Gasteiger partial charge in [-0.25, -0.2) is 9.37 Å². The van der Waals surface area contributed by atoms with Gasteiger partial charge in [-0.2, -0.15) is 0 Å². The van der Waals surface area contributed by atoms with Crippen LogP contribution < -0.4 is 10.6 Å². The Bertz CT molecular complexity index is 631.